The van der Waals surface area contributed by atoms with Crippen LogP contribution in [-0.4, -0.2) is 18.7 Å². The first-order valence-corrected chi connectivity index (χ1v) is 6.72. The summed E-state index contributed by atoms with van der Waals surface area (Å²) in [7, 11) is 0. The summed E-state index contributed by atoms with van der Waals surface area (Å²) in [5.74, 6) is 0.390. The predicted octanol–water partition coefficient (Wildman–Crippen LogP) is 2.83. The highest BCUT2D eigenvalue weighted by atomic mass is 16.5. The summed E-state index contributed by atoms with van der Waals surface area (Å²) in [5, 5.41) is 3.88. The van der Waals surface area contributed by atoms with Crippen LogP contribution in [0, 0.1) is 13.8 Å². The molecule has 4 heteroatoms. The minimum atomic E-state index is -0.291. The highest BCUT2D eigenvalue weighted by Crippen LogP contribution is 2.16. The van der Waals surface area contributed by atoms with E-state index in [2.05, 4.69) is 10.5 Å². The van der Waals surface area contributed by atoms with Crippen molar-refractivity contribution in [1.29, 1.82) is 0 Å². The van der Waals surface area contributed by atoms with Crippen molar-refractivity contribution in [3.63, 3.8) is 0 Å². The highest BCUT2D eigenvalue weighted by molar-refractivity contribution is 5.82. The number of hydrazone groups is 1. The second kappa shape index (κ2) is 7.24. The van der Waals surface area contributed by atoms with E-state index in [9.17, 15) is 4.79 Å². The number of amides is 1. The molecule has 0 fully saturated rings. The van der Waals surface area contributed by atoms with Crippen LogP contribution in [0.1, 0.15) is 16.7 Å². The second-order valence-electron chi connectivity index (χ2n) is 4.74. The van der Waals surface area contributed by atoms with Crippen molar-refractivity contribution >= 4 is 12.1 Å². The quantitative estimate of drug-likeness (QED) is 0.677. The summed E-state index contributed by atoms with van der Waals surface area (Å²) in [6.45, 7) is 3.98. The summed E-state index contributed by atoms with van der Waals surface area (Å²) in [6.07, 6.45) is 1.59. The maximum Gasteiger partial charge on any atom is 0.277 e. The van der Waals surface area contributed by atoms with Crippen LogP contribution in [-0.2, 0) is 4.79 Å². The number of nitrogens with one attached hydrogen (secondary N) is 1. The molecule has 2 aromatic carbocycles. The molecule has 1 amide bonds. The molecule has 0 bridgehead atoms. The highest BCUT2D eigenvalue weighted by Gasteiger charge is 2.02. The van der Waals surface area contributed by atoms with Gasteiger partial charge in [-0.25, -0.2) is 5.43 Å². The fourth-order valence-corrected chi connectivity index (χ4v) is 1.70. The minimum Gasteiger partial charge on any atom is -0.484 e. The molecule has 0 aliphatic heterocycles. The van der Waals surface area contributed by atoms with Crippen molar-refractivity contribution < 1.29 is 9.53 Å². The van der Waals surface area contributed by atoms with Crippen LogP contribution in [0.2, 0.25) is 0 Å². The standard InChI is InChI=1S/C17H18N2O2/c1-13-8-9-16(10-14(13)2)21-12-17(20)19-18-11-15-6-4-3-5-7-15/h3-11H,12H2,1-2H3,(H,19,20)/b18-11-. The normalized spacial score (nSPS) is 10.6. The van der Waals surface area contributed by atoms with Crippen LogP contribution in [0.5, 0.6) is 5.75 Å². The Labute approximate surface area is 124 Å². The lowest BCUT2D eigenvalue weighted by atomic mass is 10.1. The molecule has 1 N–H and O–H groups in total. The van der Waals surface area contributed by atoms with E-state index in [4.69, 9.17) is 4.74 Å². The Balaban J connectivity index is 1.79. The number of carbonyl (C=O) groups excluding carboxylic acids is 1. The van der Waals surface area contributed by atoms with Gasteiger partial charge in [0.25, 0.3) is 5.91 Å². The molecule has 2 aromatic rings. The molecule has 21 heavy (non-hydrogen) atoms. The lowest BCUT2D eigenvalue weighted by Crippen LogP contribution is -2.24. The molecule has 0 aromatic heterocycles. The summed E-state index contributed by atoms with van der Waals surface area (Å²) < 4.78 is 5.42. The fraction of sp³-hybridized carbons (Fsp3) is 0.176. The van der Waals surface area contributed by atoms with Crippen molar-refractivity contribution in [2.75, 3.05) is 6.61 Å². The van der Waals surface area contributed by atoms with Gasteiger partial charge in [-0.3, -0.25) is 4.79 Å². The van der Waals surface area contributed by atoms with E-state index in [1.807, 2.05) is 62.4 Å². The zero-order chi connectivity index (χ0) is 15.1. The number of nitrogens with zero attached hydrogens (tertiary/aromatic N) is 1. The Bertz CT molecular complexity index is 636. The summed E-state index contributed by atoms with van der Waals surface area (Å²) >= 11 is 0. The molecule has 0 aliphatic carbocycles. The largest absolute Gasteiger partial charge is 0.484 e. The number of hydrogen-bond donors (Lipinski definition) is 1. The zero-order valence-corrected chi connectivity index (χ0v) is 12.2. The molecule has 0 spiro atoms. The van der Waals surface area contributed by atoms with E-state index < -0.39 is 0 Å². The van der Waals surface area contributed by atoms with E-state index in [1.54, 1.807) is 6.21 Å². The van der Waals surface area contributed by atoms with Crippen LogP contribution < -0.4 is 10.2 Å². The third kappa shape index (κ3) is 4.76. The number of ether oxygens (including phenoxy) is 1. The maximum absolute atomic E-state index is 11.6. The molecule has 0 heterocycles. The first-order chi connectivity index (χ1) is 10.1. The van der Waals surface area contributed by atoms with Crippen molar-refractivity contribution in [1.82, 2.24) is 5.43 Å². The number of hydrogen-bond acceptors (Lipinski definition) is 3. The van der Waals surface area contributed by atoms with E-state index >= 15 is 0 Å². The van der Waals surface area contributed by atoms with Gasteiger partial charge >= 0.3 is 0 Å². The van der Waals surface area contributed by atoms with Crippen LogP contribution in [0.3, 0.4) is 0 Å². The van der Waals surface area contributed by atoms with Gasteiger partial charge in [0.1, 0.15) is 5.75 Å². The second-order valence-corrected chi connectivity index (χ2v) is 4.74. The van der Waals surface area contributed by atoms with Gasteiger partial charge in [-0.05, 0) is 42.7 Å². The Hall–Kier alpha value is -2.62. The van der Waals surface area contributed by atoms with E-state index in [0.717, 1.165) is 11.1 Å². The first-order valence-electron chi connectivity index (χ1n) is 6.72. The third-order valence-electron chi connectivity index (χ3n) is 3.05. The average Bonchev–Trinajstić information content (AvgIpc) is 2.49. The van der Waals surface area contributed by atoms with Gasteiger partial charge in [-0.15, -0.1) is 0 Å². The van der Waals surface area contributed by atoms with Gasteiger partial charge in [-0.2, -0.15) is 5.10 Å². The molecule has 0 radical (unpaired) electrons. The Kier molecular flexibility index (Phi) is 5.10. The smallest absolute Gasteiger partial charge is 0.277 e. The number of rotatable bonds is 5. The molecular weight excluding hydrogens is 264 g/mol. The van der Waals surface area contributed by atoms with Gasteiger partial charge in [-0.1, -0.05) is 36.4 Å². The first kappa shape index (κ1) is 14.8. The molecular formula is C17H18N2O2. The summed E-state index contributed by atoms with van der Waals surface area (Å²) in [6, 6.07) is 15.3. The molecule has 0 unspecified atom stereocenters. The SMILES string of the molecule is Cc1ccc(OCC(=O)N/N=C\c2ccccc2)cc1C. The van der Waals surface area contributed by atoms with Crippen LogP contribution in [0.25, 0.3) is 0 Å². The van der Waals surface area contributed by atoms with Gasteiger partial charge < -0.3 is 4.74 Å². The Morgan fingerprint density at radius 3 is 2.62 bits per heavy atom. The maximum atomic E-state index is 11.6. The van der Waals surface area contributed by atoms with Gasteiger partial charge in [0.2, 0.25) is 0 Å². The lowest BCUT2D eigenvalue weighted by molar-refractivity contribution is -0.123. The van der Waals surface area contributed by atoms with Crippen molar-refractivity contribution in [3.05, 3.63) is 65.2 Å². The number of aryl methyl sites for hydroxylation is 2. The van der Waals surface area contributed by atoms with E-state index in [0.29, 0.717) is 5.75 Å². The van der Waals surface area contributed by atoms with E-state index in [-0.39, 0.29) is 12.5 Å². The van der Waals surface area contributed by atoms with Gasteiger partial charge in [0, 0.05) is 0 Å². The summed E-state index contributed by atoms with van der Waals surface area (Å²) in [5.41, 5.74) is 5.68. The van der Waals surface area contributed by atoms with Crippen molar-refractivity contribution in [3.8, 4) is 5.75 Å². The van der Waals surface area contributed by atoms with Crippen molar-refractivity contribution in [2.45, 2.75) is 13.8 Å². The van der Waals surface area contributed by atoms with Crippen LogP contribution in [0.4, 0.5) is 0 Å². The number of carbonyl (C=O) groups is 1. The van der Waals surface area contributed by atoms with Gasteiger partial charge in [0.05, 0.1) is 6.21 Å². The van der Waals surface area contributed by atoms with E-state index in [1.165, 1.54) is 5.56 Å². The average molecular weight is 282 g/mol. The third-order valence-corrected chi connectivity index (χ3v) is 3.05. The predicted molar refractivity (Wildman–Crippen MR) is 83.6 cm³/mol. The molecule has 0 aliphatic rings. The minimum absolute atomic E-state index is 0.0609. The Morgan fingerprint density at radius 2 is 1.90 bits per heavy atom. The molecule has 4 nitrogen and oxygen atoms in total. The topological polar surface area (TPSA) is 50.7 Å². The zero-order valence-electron chi connectivity index (χ0n) is 12.2. The number of benzene rings is 2. The molecule has 2 rings (SSSR count). The monoisotopic (exact) mass is 282 g/mol. The molecule has 0 atom stereocenters. The Morgan fingerprint density at radius 1 is 1.14 bits per heavy atom. The molecule has 0 saturated carbocycles. The lowest BCUT2D eigenvalue weighted by Gasteiger charge is -2.07. The fourth-order valence-electron chi connectivity index (χ4n) is 1.70. The van der Waals surface area contributed by atoms with Crippen molar-refractivity contribution in [2.24, 2.45) is 5.10 Å². The van der Waals surface area contributed by atoms with Gasteiger partial charge in [0.15, 0.2) is 6.61 Å². The van der Waals surface area contributed by atoms with Crippen LogP contribution >= 0.6 is 0 Å². The molecule has 0 saturated heterocycles. The van der Waals surface area contributed by atoms with Crippen LogP contribution in [0.15, 0.2) is 53.6 Å². The molecule has 108 valence electrons. The summed E-state index contributed by atoms with van der Waals surface area (Å²) in [4.78, 5) is 11.6.